The number of aryl methyl sites for hydroxylation is 1. The van der Waals surface area contributed by atoms with Crippen LogP contribution in [-0.4, -0.2) is 41.1 Å². The van der Waals surface area contributed by atoms with Crippen molar-refractivity contribution < 1.29 is 18.3 Å². The zero-order valence-electron chi connectivity index (χ0n) is 17.3. The van der Waals surface area contributed by atoms with Gasteiger partial charge in [-0.25, -0.2) is 15.0 Å². The van der Waals surface area contributed by atoms with Crippen LogP contribution in [0.5, 0.6) is 0 Å². The summed E-state index contributed by atoms with van der Waals surface area (Å²) in [5.74, 6) is -2.98. The van der Waals surface area contributed by atoms with E-state index in [0.29, 0.717) is 43.3 Å². The number of pyridine rings is 1. The van der Waals surface area contributed by atoms with Crippen LogP contribution in [0.4, 0.5) is 26.1 Å². The Morgan fingerprint density at radius 1 is 1.33 bits per heavy atom. The standard InChI is InChI=1S/C21H25F2N5O2/c1-13(29)25-17-10-16-15(11-24-17)21(6-7-21)12-28(16)18-9-14(5-4-8-30-3)26-19(27-18)20(2,22)23/h9-11H,4-8,12H2,1-3H3,(H,24,25,29). The normalized spacial score (nSPS) is 16.6. The smallest absolute Gasteiger partial charge is 0.303 e. The molecule has 0 bridgehead atoms. The van der Waals surface area contributed by atoms with Gasteiger partial charge in [0.2, 0.25) is 11.7 Å². The fraction of sp³-hybridized carbons (Fsp3) is 0.524. The first kappa shape index (κ1) is 20.6. The van der Waals surface area contributed by atoms with Gasteiger partial charge in [0.1, 0.15) is 11.6 Å². The number of ether oxygens (including phenoxy) is 1. The van der Waals surface area contributed by atoms with Crippen LogP contribution >= 0.6 is 0 Å². The van der Waals surface area contributed by atoms with Crippen molar-refractivity contribution in [2.45, 2.75) is 50.9 Å². The van der Waals surface area contributed by atoms with Crippen molar-refractivity contribution in [1.29, 1.82) is 0 Å². The van der Waals surface area contributed by atoms with E-state index in [1.807, 2.05) is 4.90 Å². The van der Waals surface area contributed by atoms with Crippen molar-refractivity contribution >= 4 is 23.2 Å². The van der Waals surface area contributed by atoms with Gasteiger partial charge in [0, 0.05) is 69.1 Å². The summed E-state index contributed by atoms with van der Waals surface area (Å²) in [7, 11) is 1.61. The average molecular weight is 417 g/mol. The highest BCUT2D eigenvalue weighted by Gasteiger charge is 2.52. The second kappa shape index (κ2) is 7.54. The molecular weight excluding hydrogens is 392 g/mol. The van der Waals surface area contributed by atoms with E-state index in [9.17, 15) is 13.6 Å². The summed E-state index contributed by atoms with van der Waals surface area (Å²) in [4.78, 5) is 26.1. The van der Waals surface area contributed by atoms with Crippen LogP contribution in [0.3, 0.4) is 0 Å². The van der Waals surface area contributed by atoms with E-state index in [0.717, 1.165) is 31.0 Å². The van der Waals surface area contributed by atoms with E-state index in [1.165, 1.54) is 6.92 Å². The number of halogens is 2. The molecule has 0 unspecified atom stereocenters. The summed E-state index contributed by atoms with van der Waals surface area (Å²) in [6.07, 6.45) is 5.01. The molecule has 0 atom stereocenters. The number of aromatic nitrogens is 3. The van der Waals surface area contributed by atoms with E-state index >= 15 is 0 Å². The Kier molecular flexibility index (Phi) is 5.17. The number of nitrogens with one attached hydrogen (secondary N) is 1. The molecule has 2 aromatic rings. The number of methoxy groups -OCH3 is 1. The van der Waals surface area contributed by atoms with E-state index in [2.05, 4.69) is 20.3 Å². The Bertz CT molecular complexity index is 972. The molecule has 1 fully saturated rings. The molecule has 1 aliphatic heterocycles. The van der Waals surface area contributed by atoms with Crippen molar-refractivity contribution in [3.8, 4) is 0 Å². The summed E-state index contributed by atoms with van der Waals surface area (Å²) in [6.45, 7) is 3.40. The first-order chi connectivity index (χ1) is 14.2. The highest BCUT2D eigenvalue weighted by molar-refractivity contribution is 5.89. The summed E-state index contributed by atoms with van der Waals surface area (Å²) in [6, 6.07) is 3.56. The maximum Gasteiger partial charge on any atom is 0.303 e. The molecule has 4 rings (SSSR count). The molecule has 0 saturated heterocycles. The van der Waals surface area contributed by atoms with Gasteiger partial charge in [-0.3, -0.25) is 4.79 Å². The van der Waals surface area contributed by atoms with Crippen LogP contribution < -0.4 is 10.2 Å². The Hall–Kier alpha value is -2.68. The third-order valence-corrected chi connectivity index (χ3v) is 5.58. The molecule has 1 saturated carbocycles. The topological polar surface area (TPSA) is 80.2 Å². The Morgan fingerprint density at radius 3 is 2.73 bits per heavy atom. The van der Waals surface area contributed by atoms with Crippen LogP contribution in [-0.2, 0) is 27.3 Å². The summed E-state index contributed by atoms with van der Waals surface area (Å²) in [5, 5.41) is 2.69. The lowest BCUT2D eigenvalue weighted by molar-refractivity contribution is -0.114. The fourth-order valence-corrected chi connectivity index (χ4v) is 3.92. The number of anilines is 3. The molecule has 1 N–H and O–H groups in total. The van der Waals surface area contributed by atoms with Crippen molar-refractivity contribution in [2.24, 2.45) is 0 Å². The van der Waals surface area contributed by atoms with E-state index in [4.69, 9.17) is 4.74 Å². The zero-order valence-corrected chi connectivity index (χ0v) is 17.3. The number of amides is 1. The van der Waals surface area contributed by atoms with Gasteiger partial charge >= 0.3 is 5.92 Å². The van der Waals surface area contributed by atoms with Crippen molar-refractivity contribution in [3.63, 3.8) is 0 Å². The monoisotopic (exact) mass is 417 g/mol. The molecule has 1 spiro atoms. The van der Waals surface area contributed by atoms with Gasteiger partial charge in [-0.15, -0.1) is 0 Å². The molecule has 30 heavy (non-hydrogen) atoms. The summed E-state index contributed by atoms with van der Waals surface area (Å²) >= 11 is 0. The average Bonchev–Trinajstić information content (AvgIpc) is 3.38. The number of alkyl halides is 2. The first-order valence-electron chi connectivity index (χ1n) is 10.0. The predicted molar refractivity (Wildman–Crippen MR) is 108 cm³/mol. The lowest BCUT2D eigenvalue weighted by atomic mass is 10.0. The second-order valence-electron chi connectivity index (χ2n) is 8.16. The van der Waals surface area contributed by atoms with Gasteiger partial charge in [-0.2, -0.15) is 8.78 Å². The van der Waals surface area contributed by atoms with Gasteiger partial charge in [-0.1, -0.05) is 0 Å². The molecule has 3 heterocycles. The molecule has 9 heteroatoms. The largest absolute Gasteiger partial charge is 0.385 e. The molecule has 2 aromatic heterocycles. The van der Waals surface area contributed by atoms with Crippen molar-refractivity contribution in [3.05, 3.63) is 35.4 Å². The maximum absolute atomic E-state index is 14.1. The number of fused-ring (bicyclic) bond motifs is 2. The van der Waals surface area contributed by atoms with Gasteiger partial charge < -0.3 is 15.0 Å². The van der Waals surface area contributed by atoms with Crippen LogP contribution in [0, 0.1) is 0 Å². The Labute approximate surface area is 173 Å². The molecule has 0 aromatic carbocycles. The summed E-state index contributed by atoms with van der Waals surface area (Å²) < 4.78 is 33.3. The van der Waals surface area contributed by atoms with Gasteiger partial charge in [0.25, 0.3) is 0 Å². The zero-order chi connectivity index (χ0) is 21.5. The fourth-order valence-electron chi connectivity index (χ4n) is 3.92. The first-order valence-corrected chi connectivity index (χ1v) is 10.0. The SMILES string of the molecule is COCCCc1cc(N2CC3(CC3)c3cnc(NC(C)=O)cc32)nc(C(C)(F)F)n1. The lowest BCUT2D eigenvalue weighted by Crippen LogP contribution is -2.23. The molecule has 2 aliphatic rings. The van der Waals surface area contributed by atoms with Gasteiger partial charge in [-0.05, 0) is 25.7 Å². The predicted octanol–water partition coefficient (Wildman–Crippen LogP) is 3.70. The number of hydrogen-bond acceptors (Lipinski definition) is 6. The maximum atomic E-state index is 14.1. The minimum atomic E-state index is -3.15. The van der Waals surface area contributed by atoms with E-state index in [1.54, 1.807) is 25.4 Å². The van der Waals surface area contributed by atoms with E-state index < -0.39 is 11.7 Å². The van der Waals surface area contributed by atoms with Crippen molar-refractivity contribution in [1.82, 2.24) is 15.0 Å². The number of hydrogen-bond donors (Lipinski definition) is 1. The third kappa shape index (κ3) is 3.98. The van der Waals surface area contributed by atoms with Crippen LogP contribution in [0.15, 0.2) is 18.3 Å². The van der Waals surface area contributed by atoms with Crippen molar-refractivity contribution in [2.75, 3.05) is 30.5 Å². The minimum absolute atomic E-state index is 0.0207. The second-order valence-corrected chi connectivity index (χ2v) is 8.16. The molecule has 1 amide bonds. The quantitative estimate of drug-likeness (QED) is 0.692. The number of rotatable bonds is 7. The highest BCUT2D eigenvalue weighted by Crippen LogP contribution is 2.58. The van der Waals surface area contributed by atoms with Gasteiger partial charge in [0.15, 0.2) is 0 Å². The molecule has 160 valence electrons. The molecule has 0 radical (unpaired) electrons. The lowest BCUT2D eigenvalue weighted by Gasteiger charge is -2.22. The van der Waals surface area contributed by atoms with E-state index in [-0.39, 0.29) is 11.3 Å². The number of nitrogens with zero attached hydrogens (tertiary/aromatic N) is 4. The number of carbonyl (C=O) groups is 1. The van der Waals surface area contributed by atoms with Crippen LogP contribution in [0.1, 0.15) is 50.2 Å². The molecular formula is C21H25F2N5O2. The summed E-state index contributed by atoms with van der Waals surface area (Å²) in [5.41, 5.74) is 2.45. The molecule has 1 aliphatic carbocycles. The number of carbonyl (C=O) groups excluding carboxylic acids is 1. The van der Waals surface area contributed by atoms with Crippen LogP contribution in [0.2, 0.25) is 0 Å². The van der Waals surface area contributed by atoms with Gasteiger partial charge in [0.05, 0.1) is 5.69 Å². The Balaban J connectivity index is 1.75. The molecule has 7 nitrogen and oxygen atoms in total. The highest BCUT2D eigenvalue weighted by atomic mass is 19.3. The minimum Gasteiger partial charge on any atom is -0.385 e. The third-order valence-electron chi connectivity index (χ3n) is 5.58. The van der Waals surface area contributed by atoms with Crippen LogP contribution in [0.25, 0.3) is 0 Å². The Morgan fingerprint density at radius 2 is 2.10 bits per heavy atom.